The van der Waals surface area contributed by atoms with Gasteiger partial charge in [-0.1, -0.05) is 11.6 Å². The van der Waals surface area contributed by atoms with Crippen LogP contribution in [0.1, 0.15) is 30.4 Å². The highest BCUT2D eigenvalue weighted by atomic mass is 35.5. The molecule has 0 aromatic carbocycles. The minimum atomic E-state index is -0.345. The summed E-state index contributed by atoms with van der Waals surface area (Å²) in [6, 6.07) is 3.64. The molecular weight excluding hydrogens is 330 g/mol. The molecule has 4 rings (SSSR count). The summed E-state index contributed by atoms with van der Waals surface area (Å²) < 4.78 is 7.56. The number of aliphatic hydroxyl groups excluding tert-OH is 1. The van der Waals surface area contributed by atoms with E-state index in [1.54, 1.807) is 12.3 Å². The van der Waals surface area contributed by atoms with Gasteiger partial charge in [-0.25, -0.2) is 4.98 Å². The third-order valence-corrected chi connectivity index (χ3v) is 5.07. The highest BCUT2D eigenvalue weighted by molar-refractivity contribution is 6.30. The van der Waals surface area contributed by atoms with Crippen LogP contribution in [0.5, 0.6) is 0 Å². The van der Waals surface area contributed by atoms with Gasteiger partial charge in [0.15, 0.2) is 5.82 Å². The number of nitrogens with one attached hydrogen (secondary N) is 1. The molecule has 1 fully saturated rings. The number of fused-ring (bicyclic) bond motifs is 1. The molecule has 2 aliphatic rings. The van der Waals surface area contributed by atoms with Gasteiger partial charge in [-0.3, -0.25) is 0 Å². The summed E-state index contributed by atoms with van der Waals surface area (Å²) in [5.41, 5.74) is 0. The van der Waals surface area contributed by atoms with Crippen molar-refractivity contribution in [3.63, 3.8) is 0 Å². The average molecular weight is 350 g/mol. The van der Waals surface area contributed by atoms with E-state index < -0.39 is 0 Å². The third-order valence-electron chi connectivity index (χ3n) is 4.84. The first-order valence-corrected chi connectivity index (χ1v) is 8.61. The highest BCUT2D eigenvalue weighted by Gasteiger charge is 2.37. The summed E-state index contributed by atoms with van der Waals surface area (Å²) in [4.78, 5) is 4.23. The quantitative estimate of drug-likeness (QED) is 0.875. The minimum Gasteiger partial charge on any atom is -0.393 e. The third kappa shape index (κ3) is 3.11. The van der Waals surface area contributed by atoms with Crippen molar-refractivity contribution < 1.29 is 9.84 Å². The summed E-state index contributed by atoms with van der Waals surface area (Å²) in [5, 5.41) is 22.9. The van der Waals surface area contributed by atoms with Crippen molar-refractivity contribution in [2.75, 3.05) is 18.5 Å². The van der Waals surface area contributed by atoms with Gasteiger partial charge in [0.2, 0.25) is 0 Å². The Morgan fingerprint density at radius 3 is 3.08 bits per heavy atom. The van der Waals surface area contributed by atoms with Crippen molar-refractivity contribution >= 4 is 17.4 Å². The van der Waals surface area contributed by atoms with Crippen LogP contribution >= 0.6 is 11.6 Å². The van der Waals surface area contributed by atoms with Crippen LogP contribution in [0.2, 0.25) is 5.02 Å². The number of hydrogen-bond donors (Lipinski definition) is 2. The average Bonchev–Trinajstić information content (AvgIpc) is 3.18. The normalized spacial score (nSPS) is 26.3. The molecule has 2 aromatic heterocycles. The monoisotopic (exact) mass is 349 g/mol. The molecule has 1 aliphatic heterocycles. The Kier molecular flexibility index (Phi) is 4.39. The van der Waals surface area contributed by atoms with E-state index in [9.17, 15) is 5.11 Å². The Morgan fingerprint density at radius 1 is 1.33 bits per heavy atom. The molecule has 0 unspecified atom stereocenters. The van der Waals surface area contributed by atoms with E-state index in [1.807, 2.05) is 6.07 Å². The van der Waals surface area contributed by atoms with Crippen LogP contribution in [-0.2, 0) is 17.9 Å². The van der Waals surface area contributed by atoms with Crippen LogP contribution in [0.4, 0.5) is 5.82 Å². The van der Waals surface area contributed by atoms with Crippen LogP contribution in [-0.4, -0.2) is 44.1 Å². The van der Waals surface area contributed by atoms with Gasteiger partial charge < -0.3 is 19.7 Å². The number of hydrogen-bond acceptors (Lipinski definition) is 6. The zero-order valence-corrected chi connectivity index (χ0v) is 14.0. The highest BCUT2D eigenvalue weighted by Crippen LogP contribution is 2.38. The second-order valence-electron chi connectivity index (χ2n) is 6.42. The molecule has 0 bridgehead atoms. The van der Waals surface area contributed by atoms with E-state index in [1.165, 1.54) is 0 Å². The van der Waals surface area contributed by atoms with Crippen LogP contribution in [0.3, 0.4) is 0 Å². The Labute approximate surface area is 145 Å². The lowest BCUT2D eigenvalue weighted by atomic mass is 10.0. The second kappa shape index (κ2) is 6.66. The van der Waals surface area contributed by atoms with Crippen molar-refractivity contribution in [3.05, 3.63) is 35.0 Å². The van der Waals surface area contributed by atoms with E-state index in [2.05, 4.69) is 25.1 Å². The van der Waals surface area contributed by atoms with Gasteiger partial charge >= 0.3 is 0 Å². The van der Waals surface area contributed by atoms with E-state index in [4.69, 9.17) is 16.3 Å². The minimum absolute atomic E-state index is 0.167. The predicted octanol–water partition coefficient (Wildman–Crippen LogP) is 1.82. The lowest BCUT2D eigenvalue weighted by Crippen LogP contribution is -2.22. The summed E-state index contributed by atoms with van der Waals surface area (Å²) in [6.07, 6.45) is 2.88. The molecule has 24 heavy (non-hydrogen) atoms. The van der Waals surface area contributed by atoms with E-state index in [0.717, 1.165) is 36.9 Å². The molecule has 1 aliphatic carbocycles. The van der Waals surface area contributed by atoms with Crippen molar-refractivity contribution in [3.8, 4) is 0 Å². The maximum Gasteiger partial charge on any atom is 0.159 e. The van der Waals surface area contributed by atoms with Gasteiger partial charge in [0.25, 0.3) is 0 Å². The molecule has 2 N–H and O–H groups in total. The first kappa shape index (κ1) is 15.8. The second-order valence-corrected chi connectivity index (χ2v) is 6.85. The molecule has 7 nitrogen and oxygen atoms in total. The van der Waals surface area contributed by atoms with Gasteiger partial charge in [0.05, 0.1) is 17.7 Å². The number of nitrogens with zero attached hydrogens (tertiary/aromatic N) is 4. The molecule has 3 atom stereocenters. The Morgan fingerprint density at radius 2 is 2.25 bits per heavy atom. The molecular formula is C16H20ClN5O2. The van der Waals surface area contributed by atoms with E-state index in [-0.39, 0.29) is 17.9 Å². The molecule has 128 valence electrons. The van der Waals surface area contributed by atoms with Crippen LogP contribution in [0, 0.1) is 5.92 Å². The van der Waals surface area contributed by atoms with Gasteiger partial charge in [-0.05, 0) is 25.0 Å². The fraction of sp³-hybridized carbons (Fsp3) is 0.562. The van der Waals surface area contributed by atoms with Crippen LogP contribution in [0.15, 0.2) is 18.3 Å². The van der Waals surface area contributed by atoms with Gasteiger partial charge in [-0.15, -0.1) is 10.2 Å². The van der Waals surface area contributed by atoms with Gasteiger partial charge in [-0.2, -0.15) is 0 Å². The number of ether oxygens (including phenoxy) is 1. The van der Waals surface area contributed by atoms with Crippen LogP contribution < -0.4 is 5.32 Å². The Balaban J connectivity index is 1.40. The van der Waals surface area contributed by atoms with Gasteiger partial charge in [0.1, 0.15) is 18.2 Å². The molecule has 8 heteroatoms. The van der Waals surface area contributed by atoms with Crippen molar-refractivity contribution in [2.24, 2.45) is 5.92 Å². The lowest BCUT2D eigenvalue weighted by molar-refractivity contribution is 0.0801. The Hall–Kier alpha value is -1.70. The SMILES string of the molecule is O[C@@H]1C[C@@H](c2nnc3n2CCOC3)C[C@@H]1CNc1ccc(Cl)cn1. The topological polar surface area (TPSA) is 85.1 Å². The summed E-state index contributed by atoms with van der Waals surface area (Å²) in [7, 11) is 0. The largest absolute Gasteiger partial charge is 0.393 e. The number of pyridine rings is 1. The maximum atomic E-state index is 10.4. The van der Waals surface area contributed by atoms with Crippen molar-refractivity contribution in [1.82, 2.24) is 19.7 Å². The molecule has 3 heterocycles. The number of anilines is 1. The van der Waals surface area contributed by atoms with Crippen molar-refractivity contribution in [2.45, 2.75) is 38.0 Å². The summed E-state index contributed by atoms with van der Waals surface area (Å²) >= 11 is 5.84. The fourth-order valence-electron chi connectivity index (χ4n) is 3.57. The zero-order valence-electron chi connectivity index (χ0n) is 13.2. The maximum absolute atomic E-state index is 10.4. The molecule has 0 radical (unpaired) electrons. The van der Waals surface area contributed by atoms with Gasteiger partial charge in [0, 0.05) is 31.1 Å². The molecule has 0 amide bonds. The predicted molar refractivity (Wildman–Crippen MR) is 88.9 cm³/mol. The zero-order chi connectivity index (χ0) is 16.5. The fourth-order valence-corrected chi connectivity index (χ4v) is 3.68. The first-order chi connectivity index (χ1) is 11.7. The number of rotatable bonds is 4. The van der Waals surface area contributed by atoms with Crippen molar-refractivity contribution in [1.29, 1.82) is 0 Å². The standard InChI is InChI=1S/C16H20ClN5O2/c17-12-1-2-14(19-8-12)18-7-11-5-10(6-13(11)23)16-21-20-15-9-24-4-3-22(15)16/h1-2,8,10-11,13,23H,3-7,9H2,(H,18,19)/t10-,11+,13+/m0/s1. The van der Waals surface area contributed by atoms with E-state index >= 15 is 0 Å². The summed E-state index contributed by atoms with van der Waals surface area (Å²) in [6.45, 7) is 2.69. The van der Waals surface area contributed by atoms with Crippen LogP contribution in [0.25, 0.3) is 0 Å². The van der Waals surface area contributed by atoms with E-state index in [0.29, 0.717) is 24.8 Å². The molecule has 2 aromatic rings. The summed E-state index contributed by atoms with van der Waals surface area (Å²) in [5.74, 6) is 3.05. The number of aromatic nitrogens is 4. The molecule has 1 saturated carbocycles. The molecule has 0 spiro atoms. The number of aliphatic hydroxyl groups is 1. The number of halogens is 1. The lowest BCUT2D eigenvalue weighted by Gasteiger charge is -2.18. The Bertz CT molecular complexity index is 705. The smallest absolute Gasteiger partial charge is 0.159 e. The molecule has 0 saturated heterocycles. The first-order valence-electron chi connectivity index (χ1n) is 8.24.